The largest absolute Gasteiger partial charge is 0.485 e. The summed E-state index contributed by atoms with van der Waals surface area (Å²) in [7, 11) is 0. The zero-order chi connectivity index (χ0) is 20.5. The predicted molar refractivity (Wildman–Crippen MR) is 107 cm³/mol. The van der Waals surface area contributed by atoms with Gasteiger partial charge >= 0.3 is 0 Å². The first-order chi connectivity index (χ1) is 14.0. The Morgan fingerprint density at radius 3 is 2.59 bits per heavy atom. The van der Waals surface area contributed by atoms with Crippen molar-refractivity contribution in [1.29, 1.82) is 0 Å². The van der Waals surface area contributed by atoms with Gasteiger partial charge in [-0.2, -0.15) is 5.10 Å². The first-order valence-electron chi connectivity index (χ1n) is 9.55. The lowest BCUT2D eigenvalue weighted by Crippen LogP contribution is -2.03. The molecule has 0 aliphatic carbocycles. The summed E-state index contributed by atoms with van der Waals surface area (Å²) in [5.41, 5.74) is 4.15. The standard InChI is InChI=1S/C22H22F2N4O/c1-4-8-27-12-16(10-25-27)21-15(3)26-22-20(9-14(2)11-28(21)22)29-13-17-18(23)6-5-7-19(17)24/h5-7,9-12H,4,8,13H2,1-3H3. The van der Waals surface area contributed by atoms with Gasteiger partial charge in [0.05, 0.1) is 23.1 Å². The fraction of sp³-hybridized carbons (Fsp3) is 0.273. The zero-order valence-corrected chi connectivity index (χ0v) is 16.6. The highest BCUT2D eigenvalue weighted by Gasteiger charge is 2.17. The maximum absolute atomic E-state index is 14.0. The number of nitrogens with zero attached hydrogens (tertiary/aromatic N) is 4. The fourth-order valence-electron chi connectivity index (χ4n) is 3.47. The lowest BCUT2D eigenvalue weighted by atomic mass is 10.2. The average Bonchev–Trinajstić information content (AvgIpc) is 3.25. The number of hydrogen-bond donors (Lipinski definition) is 0. The Labute approximate surface area is 167 Å². The van der Waals surface area contributed by atoms with Crippen molar-refractivity contribution < 1.29 is 13.5 Å². The number of halogens is 2. The summed E-state index contributed by atoms with van der Waals surface area (Å²) >= 11 is 0. The molecular formula is C22H22F2N4O. The van der Waals surface area contributed by atoms with Crippen molar-refractivity contribution in [3.05, 3.63) is 71.3 Å². The van der Waals surface area contributed by atoms with Crippen molar-refractivity contribution in [3.8, 4) is 17.0 Å². The third kappa shape index (κ3) is 3.60. The Morgan fingerprint density at radius 1 is 1.10 bits per heavy atom. The number of rotatable bonds is 6. The minimum Gasteiger partial charge on any atom is -0.485 e. The van der Waals surface area contributed by atoms with Crippen molar-refractivity contribution >= 4 is 5.65 Å². The number of hydrogen-bond acceptors (Lipinski definition) is 3. The molecule has 150 valence electrons. The third-order valence-corrected chi connectivity index (χ3v) is 4.79. The molecule has 0 amide bonds. The Balaban J connectivity index is 1.74. The maximum Gasteiger partial charge on any atom is 0.180 e. The predicted octanol–water partition coefficient (Wildman–Crippen LogP) is 5.08. The van der Waals surface area contributed by atoms with Crippen LogP contribution in [0.5, 0.6) is 5.75 Å². The molecule has 29 heavy (non-hydrogen) atoms. The van der Waals surface area contributed by atoms with Gasteiger partial charge in [0.25, 0.3) is 0 Å². The second-order valence-electron chi connectivity index (χ2n) is 7.10. The number of aryl methyl sites for hydroxylation is 3. The van der Waals surface area contributed by atoms with Crippen LogP contribution < -0.4 is 4.74 Å². The van der Waals surface area contributed by atoms with Gasteiger partial charge in [0.1, 0.15) is 18.2 Å². The van der Waals surface area contributed by atoms with Gasteiger partial charge in [0, 0.05) is 24.5 Å². The molecule has 3 aromatic heterocycles. The van der Waals surface area contributed by atoms with Crippen LogP contribution >= 0.6 is 0 Å². The first-order valence-corrected chi connectivity index (χ1v) is 9.55. The van der Waals surface area contributed by atoms with Crippen molar-refractivity contribution in [1.82, 2.24) is 19.2 Å². The van der Waals surface area contributed by atoms with Crippen molar-refractivity contribution in [2.45, 2.75) is 40.3 Å². The van der Waals surface area contributed by atoms with Crippen LogP contribution in [-0.2, 0) is 13.2 Å². The maximum atomic E-state index is 14.0. The lowest BCUT2D eigenvalue weighted by molar-refractivity contribution is 0.294. The van der Waals surface area contributed by atoms with Crippen LogP contribution in [0.15, 0.2) is 42.9 Å². The molecule has 4 rings (SSSR count). The molecule has 0 radical (unpaired) electrons. The molecule has 0 aliphatic heterocycles. The third-order valence-electron chi connectivity index (χ3n) is 4.79. The highest BCUT2D eigenvalue weighted by Crippen LogP contribution is 2.30. The van der Waals surface area contributed by atoms with E-state index in [0.29, 0.717) is 11.4 Å². The van der Waals surface area contributed by atoms with Gasteiger partial charge in [-0.05, 0) is 44.0 Å². The summed E-state index contributed by atoms with van der Waals surface area (Å²) < 4.78 is 37.6. The number of aromatic nitrogens is 4. The summed E-state index contributed by atoms with van der Waals surface area (Å²) in [5, 5.41) is 4.41. The molecule has 0 bridgehead atoms. The minimum absolute atomic E-state index is 0.100. The van der Waals surface area contributed by atoms with E-state index < -0.39 is 11.6 Å². The van der Waals surface area contributed by atoms with E-state index in [9.17, 15) is 8.78 Å². The van der Waals surface area contributed by atoms with Crippen molar-refractivity contribution in [2.24, 2.45) is 0 Å². The molecule has 0 spiro atoms. The summed E-state index contributed by atoms with van der Waals surface area (Å²) in [6.45, 7) is 6.60. The van der Waals surface area contributed by atoms with E-state index in [2.05, 4.69) is 17.0 Å². The van der Waals surface area contributed by atoms with Crippen LogP contribution in [0.25, 0.3) is 16.9 Å². The molecule has 0 atom stereocenters. The van der Waals surface area contributed by atoms with E-state index in [1.54, 1.807) is 0 Å². The topological polar surface area (TPSA) is 44.4 Å². The van der Waals surface area contributed by atoms with Gasteiger partial charge in [-0.15, -0.1) is 0 Å². The first kappa shape index (κ1) is 19.1. The summed E-state index contributed by atoms with van der Waals surface area (Å²) in [6.07, 6.45) is 6.79. The van der Waals surface area contributed by atoms with E-state index in [-0.39, 0.29) is 12.2 Å². The Bertz CT molecular complexity index is 1160. The van der Waals surface area contributed by atoms with E-state index in [1.165, 1.54) is 18.2 Å². The smallest absolute Gasteiger partial charge is 0.180 e. The fourth-order valence-corrected chi connectivity index (χ4v) is 3.47. The van der Waals surface area contributed by atoms with Crippen molar-refractivity contribution in [3.63, 3.8) is 0 Å². The number of fused-ring (bicyclic) bond motifs is 1. The normalized spacial score (nSPS) is 11.3. The van der Waals surface area contributed by atoms with Gasteiger partial charge in [-0.1, -0.05) is 13.0 Å². The molecular weight excluding hydrogens is 374 g/mol. The van der Waals surface area contributed by atoms with Crippen LogP contribution in [0, 0.1) is 25.5 Å². The lowest BCUT2D eigenvalue weighted by Gasteiger charge is -2.11. The van der Waals surface area contributed by atoms with E-state index in [4.69, 9.17) is 4.74 Å². The molecule has 0 saturated carbocycles. The van der Waals surface area contributed by atoms with Gasteiger partial charge in [-0.3, -0.25) is 9.08 Å². The molecule has 0 unspecified atom stereocenters. The van der Waals surface area contributed by atoms with Crippen LogP contribution in [0.1, 0.15) is 30.2 Å². The monoisotopic (exact) mass is 396 g/mol. The molecule has 0 fully saturated rings. The van der Waals surface area contributed by atoms with Crippen LogP contribution in [0.3, 0.4) is 0 Å². The van der Waals surface area contributed by atoms with Crippen LogP contribution in [0.2, 0.25) is 0 Å². The second kappa shape index (κ2) is 7.66. The number of pyridine rings is 1. The number of imidazole rings is 1. The van der Waals surface area contributed by atoms with E-state index in [1.807, 2.05) is 47.6 Å². The van der Waals surface area contributed by atoms with Crippen LogP contribution in [-0.4, -0.2) is 19.2 Å². The molecule has 0 N–H and O–H groups in total. The summed E-state index contributed by atoms with van der Waals surface area (Å²) in [6, 6.07) is 5.60. The number of ether oxygens (including phenoxy) is 1. The van der Waals surface area contributed by atoms with Gasteiger partial charge in [0.15, 0.2) is 11.4 Å². The van der Waals surface area contributed by atoms with E-state index >= 15 is 0 Å². The molecule has 0 aliphatic rings. The SMILES string of the molecule is CCCn1cc(-c2c(C)nc3c(OCc4c(F)cccc4F)cc(C)cn23)cn1. The zero-order valence-electron chi connectivity index (χ0n) is 16.6. The minimum atomic E-state index is -0.628. The number of benzene rings is 1. The Kier molecular flexibility index (Phi) is 5.05. The van der Waals surface area contributed by atoms with Gasteiger partial charge in [0.2, 0.25) is 0 Å². The summed E-state index contributed by atoms with van der Waals surface area (Å²) in [5.74, 6) is -0.780. The highest BCUT2D eigenvalue weighted by atomic mass is 19.1. The van der Waals surface area contributed by atoms with E-state index in [0.717, 1.165) is 35.5 Å². The second-order valence-corrected chi connectivity index (χ2v) is 7.10. The van der Waals surface area contributed by atoms with Crippen molar-refractivity contribution in [2.75, 3.05) is 0 Å². The molecule has 5 nitrogen and oxygen atoms in total. The average molecular weight is 396 g/mol. The Morgan fingerprint density at radius 2 is 1.86 bits per heavy atom. The molecule has 7 heteroatoms. The molecule has 3 heterocycles. The van der Waals surface area contributed by atoms with Gasteiger partial charge in [-0.25, -0.2) is 13.8 Å². The quantitative estimate of drug-likeness (QED) is 0.456. The highest BCUT2D eigenvalue weighted by molar-refractivity contribution is 5.69. The van der Waals surface area contributed by atoms with Gasteiger partial charge < -0.3 is 4.74 Å². The molecule has 0 saturated heterocycles. The van der Waals surface area contributed by atoms with Crippen LogP contribution in [0.4, 0.5) is 8.78 Å². The molecule has 4 aromatic rings. The Hall–Kier alpha value is -3.22. The summed E-state index contributed by atoms with van der Waals surface area (Å²) in [4.78, 5) is 4.66. The molecule has 1 aromatic carbocycles.